The molecule has 3 aromatic carbocycles. The number of aryl methyl sites for hydroxylation is 2. The van der Waals surface area contributed by atoms with Gasteiger partial charge in [-0.15, -0.1) is 0 Å². The van der Waals surface area contributed by atoms with Gasteiger partial charge in [0.25, 0.3) is 0 Å². The fourth-order valence-electron chi connectivity index (χ4n) is 5.06. The van der Waals surface area contributed by atoms with Crippen molar-refractivity contribution in [2.75, 3.05) is 13.2 Å². The third kappa shape index (κ3) is 5.83. The minimum atomic E-state index is 0.639. The number of rotatable bonds is 8. The molecule has 1 aromatic heterocycles. The van der Waals surface area contributed by atoms with Crippen LogP contribution in [0.5, 0.6) is 5.75 Å². The normalized spacial score (nSPS) is 14.4. The summed E-state index contributed by atoms with van der Waals surface area (Å²) in [5, 5.41) is 0. The van der Waals surface area contributed by atoms with E-state index < -0.39 is 0 Å². The summed E-state index contributed by atoms with van der Waals surface area (Å²) >= 11 is 0. The summed E-state index contributed by atoms with van der Waals surface area (Å²) in [5.41, 5.74) is 9.58. The maximum atomic E-state index is 6.23. The van der Waals surface area contributed by atoms with Crippen molar-refractivity contribution < 1.29 is 4.74 Å². The highest BCUT2D eigenvalue weighted by molar-refractivity contribution is 5.82. The Balaban J connectivity index is 1.49. The zero-order chi connectivity index (χ0) is 26.5. The lowest BCUT2D eigenvalue weighted by Gasteiger charge is -2.25. The van der Waals surface area contributed by atoms with Crippen LogP contribution < -0.4 is 4.74 Å². The number of hydrogen-bond acceptors (Lipinski definition) is 4. The van der Waals surface area contributed by atoms with Crippen LogP contribution in [-0.4, -0.2) is 34.2 Å². The van der Waals surface area contributed by atoms with E-state index in [-0.39, 0.29) is 0 Å². The van der Waals surface area contributed by atoms with Crippen LogP contribution in [0.4, 0.5) is 0 Å². The lowest BCUT2D eigenvalue weighted by atomic mass is 10.0. The van der Waals surface area contributed by atoms with Crippen LogP contribution in [0, 0.1) is 13.8 Å². The van der Waals surface area contributed by atoms with Crippen LogP contribution in [-0.2, 0) is 13.0 Å². The fraction of sp³-hybridized carbons (Fsp3) is 0.333. The number of aliphatic imine (C=N–C) groups is 1. The van der Waals surface area contributed by atoms with E-state index in [1.54, 1.807) is 0 Å². The number of nitrogens with one attached hydrogen (secondary N) is 1. The van der Waals surface area contributed by atoms with Crippen molar-refractivity contribution in [2.45, 2.75) is 59.9 Å². The molecule has 0 radical (unpaired) electrons. The van der Waals surface area contributed by atoms with Gasteiger partial charge in [-0.3, -0.25) is 0 Å². The second kappa shape index (κ2) is 11.7. The Labute approximate surface area is 226 Å². The average Bonchev–Trinajstić information content (AvgIpc) is 3.17. The fourth-order valence-corrected chi connectivity index (χ4v) is 5.06. The first-order valence-corrected chi connectivity index (χ1v) is 13.8. The molecule has 1 aliphatic heterocycles. The van der Waals surface area contributed by atoms with Gasteiger partial charge in [0, 0.05) is 18.3 Å². The summed E-state index contributed by atoms with van der Waals surface area (Å²) in [7, 11) is 0. The zero-order valence-electron chi connectivity index (χ0n) is 23.1. The van der Waals surface area contributed by atoms with E-state index in [1.807, 2.05) is 6.92 Å². The molecule has 38 heavy (non-hydrogen) atoms. The summed E-state index contributed by atoms with van der Waals surface area (Å²) < 4.78 is 6.23. The second-order valence-corrected chi connectivity index (χ2v) is 10.2. The molecule has 0 unspecified atom stereocenters. The standard InChI is InChI=1S/C33H38N4O/c1-5-7-16-34-33(26(6-2)19-25-10-8-23(3)9-11-25)37-17-18-38-32-15-13-27(20-29(32)22-37)28-12-14-30-31(21-28)36-24(4)35-30/h8-16,20-21H,5-7,17-19,22H2,1-4H3,(H,35,36)/b33-26-,34-16-. The summed E-state index contributed by atoms with van der Waals surface area (Å²) in [6.07, 6.45) is 6.02. The maximum Gasteiger partial charge on any atom is 0.127 e. The minimum Gasteiger partial charge on any atom is -0.491 e. The molecule has 0 saturated carbocycles. The molecule has 196 valence electrons. The van der Waals surface area contributed by atoms with Crippen molar-refractivity contribution in [3.8, 4) is 16.9 Å². The lowest BCUT2D eigenvalue weighted by Crippen LogP contribution is -2.26. The van der Waals surface area contributed by atoms with Gasteiger partial charge in [-0.2, -0.15) is 0 Å². The van der Waals surface area contributed by atoms with Crippen LogP contribution in [0.25, 0.3) is 22.2 Å². The van der Waals surface area contributed by atoms with Crippen LogP contribution in [0.2, 0.25) is 0 Å². The Morgan fingerprint density at radius 2 is 1.82 bits per heavy atom. The molecule has 0 spiro atoms. The predicted molar refractivity (Wildman–Crippen MR) is 158 cm³/mol. The summed E-state index contributed by atoms with van der Waals surface area (Å²) in [5.74, 6) is 2.99. The third-order valence-corrected chi connectivity index (χ3v) is 7.19. The van der Waals surface area contributed by atoms with Crippen molar-refractivity contribution in [1.82, 2.24) is 14.9 Å². The molecular weight excluding hydrogens is 468 g/mol. The first-order chi connectivity index (χ1) is 18.5. The molecule has 0 fully saturated rings. The number of hydrogen-bond donors (Lipinski definition) is 1. The molecule has 1 N–H and O–H groups in total. The predicted octanol–water partition coefficient (Wildman–Crippen LogP) is 7.78. The second-order valence-electron chi connectivity index (χ2n) is 10.2. The highest BCUT2D eigenvalue weighted by atomic mass is 16.5. The third-order valence-electron chi connectivity index (χ3n) is 7.19. The molecule has 0 saturated heterocycles. The summed E-state index contributed by atoms with van der Waals surface area (Å²) in [6, 6.07) is 21.8. The highest BCUT2D eigenvalue weighted by Crippen LogP contribution is 2.32. The van der Waals surface area contributed by atoms with Crippen LogP contribution in [0.1, 0.15) is 55.6 Å². The van der Waals surface area contributed by atoms with Gasteiger partial charge in [0.2, 0.25) is 0 Å². The van der Waals surface area contributed by atoms with Crippen molar-refractivity contribution in [1.29, 1.82) is 0 Å². The molecule has 0 amide bonds. The maximum absolute atomic E-state index is 6.23. The van der Waals surface area contributed by atoms with Gasteiger partial charge in [-0.25, -0.2) is 9.98 Å². The van der Waals surface area contributed by atoms with Gasteiger partial charge in [0.05, 0.1) is 17.6 Å². The van der Waals surface area contributed by atoms with E-state index in [0.717, 1.165) is 67.2 Å². The van der Waals surface area contributed by atoms with Gasteiger partial charge in [0.1, 0.15) is 24.0 Å². The van der Waals surface area contributed by atoms with Crippen molar-refractivity contribution >= 4 is 17.2 Å². The van der Waals surface area contributed by atoms with Crippen molar-refractivity contribution in [3.63, 3.8) is 0 Å². The van der Waals surface area contributed by atoms with E-state index in [1.165, 1.54) is 33.4 Å². The number of imidazole rings is 1. The van der Waals surface area contributed by atoms with E-state index in [2.05, 4.69) is 103 Å². The van der Waals surface area contributed by atoms with Crippen LogP contribution in [0.3, 0.4) is 0 Å². The molecule has 1 aliphatic rings. The monoisotopic (exact) mass is 506 g/mol. The Kier molecular flexibility index (Phi) is 7.92. The Morgan fingerprint density at radius 1 is 1.03 bits per heavy atom. The summed E-state index contributed by atoms with van der Waals surface area (Å²) in [6.45, 7) is 10.8. The smallest absolute Gasteiger partial charge is 0.127 e. The van der Waals surface area contributed by atoms with Crippen molar-refractivity contribution in [2.24, 2.45) is 4.99 Å². The van der Waals surface area contributed by atoms with Gasteiger partial charge >= 0.3 is 0 Å². The quantitative estimate of drug-likeness (QED) is 0.248. The van der Waals surface area contributed by atoms with Gasteiger partial charge in [-0.1, -0.05) is 62.2 Å². The highest BCUT2D eigenvalue weighted by Gasteiger charge is 2.20. The Hall–Kier alpha value is -3.86. The Morgan fingerprint density at radius 3 is 2.61 bits per heavy atom. The molecule has 4 aromatic rings. The number of H-pyrrole nitrogens is 1. The van der Waals surface area contributed by atoms with Gasteiger partial charge in [0.15, 0.2) is 0 Å². The number of aromatic amines is 1. The largest absolute Gasteiger partial charge is 0.491 e. The average molecular weight is 507 g/mol. The molecule has 2 heterocycles. The van der Waals surface area contributed by atoms with Gasteiger partial charge < -0.3 is 14.6 Å². The number of nitrogens with zero attached hydrogens (tertiary/aromatic N) is 3. The lowest BCUT2D eigenvalue weighted by molar-refractivity contribution is 0.260. The van der Waals surface area contributed by atoms with E-state index in [4.69, 9.17) is 9.73 Å². The van der Waals surface area contributed by atoms with Crippen LogP contribution in [0.15, 0.2) is 77.1 Å². The number of unbranched alkanes of at least 4 members (excludes halogenated alkanes) is 1. The molecule has 0 aliphatic carbocycles. The minimum absolute atomic E-state index is 0.639. The topological polar surface area (TPSA) is 53.5 Å². The molecule has 5 nitrogen and oxygen atoms in total. The van der Waals surface area contributed by atoms with Gasteiger partial charge in [-0.05, 0) is 79.6 Å². The number of benzene rings is 3. The first-order valence-electron chi connectivity index (χ1n) is 13.8. The van der Waals surface area contributed by atoms with Crippen molar-refractivity contribution in [3.05, 3.63) is 94.6 Å². The molecule has 0 bridgehead atoms. The SMILES string of the molecule is CCC/C=N\C(=C(/CC)Cc1ccc(C)cc1)N1CCOc2ccc(-c3ccc4nc(C)[nH]c4c3)cc2C1. The number of ether oxygens (including phenoxy) is 1. The first kappa shape index (κ1) is 25.8. The number of aromatic nitrogens is 2. The molecule has 5 rings (SSSR count). The number of fused-ring (bicyclic) bond motifs is 2. The van der Waals surface area contributed by atoms with E-state index >= 15 is 0 Å². The summed E-state index contributed by atoms with van der Waals surface area (Å²) in [4.78, 5) is 15.4. The van der Waals surface area contributed by atoms with Crippen LogP contribution >= 0.6 is 0 Å². The Bertz CT molecular complexity index is 1460. The van der Waals surface area contributed by atoms with E-state index in [9.17, 15) is 0 Å². The van der Waals surface area contributed by atoms with E-state index in [0.29, 0.717) is 6.61 Å². The zero-order valence-corrected chi connectivity index (χ0v) is 23.1. The molecule has 0 atom stereocenters. The number of allylic oxidation sites excluding steroid dienone is 1. The molecule has 5 heteroatoms. The molecular formula is C33H38N4O.